The molecule has 0 amide bonds. The summed E-state index contributed by atoms with van der Waals surface area (Å²) in [5.74, 6) is -0.634. The number of thioether (sulfide) groups is 2. The van der Waals surface area contributed by atoms with Crippen LogP contribution in [0, 0.1) is 28.6 Å². The van der Waals surface area contributed by atoms with Crippen LogP contribution in [0.2, 0.25) is 0 Å². The van der Waals surface area contributed by atoms with Crippen LogP contribution in [-0.2, 0) is 19.2 Å². The van der Waals surface area contributed by atoms with Crippen molar-refractivity contribution >= 4 is 45.5 Å². The van der Waals surface area contributed by atoms with Crippen molar-refractivity contribution < 1.29 is 29.4 Å². The van der Waals surface area contributed by atoms with Crippen molar-refractivity contribution in [3.05, 3.63) is 22.6 Å². The van der Waals surface area contributed by atoms with Crippen molar-refractivity contribution in [2.45, 2.75) is 83.5 Å². The molecule has 2 fully saturated rings. The third kappa shape index (κ3) is 4.03. The van der Waals surface area contributed by atoms with E-state index in [-0.39, 0.29) is 51.9 Å². The maximum absolute atomic E-state index is 12.6. The van der Waals surface area contributed by atoms with Crippen LogP contribution in [0.3, 0.4) is 0 Å². The summed E-state index contributed by atoms with van der Waals surface area (Å²) in [5.41, 5.74) is -0.986. The fraction of sp³-hybridized carbons (Fsp3) is 0.692. The topological polar surface area (TPSA) is 109 Å². The van der Waals surface area contributed by atoms with Crippen LogP contribution in [0.25, 0.3) is 0 Å². The molecule has 0 aromatic rings. The molecule has 0 spiro atoms. The molecule has 0 aromatic carbocycles. The standard InChI is InChI=1S/C26H34O6S2/c1-14(27)33-20-12-16-11-17(29)13-21(34-15(2)28)25(16,4)19-5-8-24(3)18(23(19)20)6-9-26(24,32)10-7-22(30)31/h11-12,18-19,21,23,32H,5-10,13H2,1-4H3,(H,30,31)/t18-,19-,21-,23-,24-,25-,26+/m0/s1. The first-order valence-corrected chi connectivity index (χ1v) is 13.8. The summed E-state index contributed by atoms with van der Waals surface area (Å²) >= 11 is 2.47. The summed E-state index contributed by atoms with van der Waals surface area (Å²) < 4.78 is 0. The van der Waals surface area contributed by atoms with Crippen molar-refractivity contribution in [3.63, 3.8) is 0 Å². The van der Waals surface area contributed by atoms with E-state index in [0.717, 1.165) is 29.7 Å². The lowest BCUT2D eigenvalue weighted by molar-refractivity contribution is -0.144. The van der Waals surface area contributed by atoms with Gasteiger partial charge in [-0.25, -0.2) is 0 Å². The van der Waals surface area contributed by atoms with Crippen molar-refractivity contribution in [1.29, 1.82) is 0 Å². The zero-order valence-corrected chi connectivity index (χ0v) is 21.9. The fourth-order valence-electron chi connectivity index (χ4n) is 7.54. The molecule has 4 rings (SSSR count). The van der Waals surface area contributed by atoms with E-state index in [0.29, 0.717) is 12.8 Å². The highest BCUT2D eigenvalue weighted by molar-refractivity contribution is 8.16. The molecular weight excluding hydrogens is 472 g/mol. The first kappa shape index (κ1) is 25.7. The average Bonchev–Trinajstić information content (AvgIpc) is 2.99. The predicted molar refractivity (Wildman–Crippen MR) is 133 cm³/mol. The molecule has 4 aliphatic carbocycles. The van der Waals surface area contributed by atoms with E-state index >= 15 is 0 Å². The Morgan fingerprint density at radius 3 is 2.35 bits per heavy atom. The normalized spacial score (nSPS) is 41.0. The zero-order valence-electron chi connectivity index (χ0n) is 20.3. The molecule has 0 unspecified atom stereocenters. The summed E-state index contributed by atoms with van der Waals surface area (Å²) in [6.45, 7) is 7.35. The number of hydrogen-bond donors (Lipinski definition) is 2. The zero-order chi connectivity index (χ0) is 25.1. The van der Waals surface area contributed by atoms with E-state index in [1.54, 1.807) is 19.9 Å². The largest absolute Gasteiger partial charge is 0.481 e. The number of carbonyl (C=O) groups excluding carboxylic acids is 3. The number of aliphatic hydroxyl groups is 1. The summed E-state index contributed by atoms with van der Waals surface area (Å²) in [4.78, 5) is 49.2. The molecule has 0 radical (unpaired) electrons. The number of carboxylic acids is 1. The van der Waals surface area contributed by atoms with Gasteiger partial charge < -0.3 is 10.2 Å². The number of carbonyl (C=O) groups is 4. The first-order chi connectivity index (χ1) is 15.8. The minimum absolute atomic E-state index is 0.00530. The molecule has 34 heavy (non-hydrogen) atoms. The van der Waals surface area contributed by atoms with Crippen molar-refractivity contribution in [3.8, 4) is 0 Å². The third-order valence-corrected chi connectivity index (χ3v) is 11.5. The van der Waals surface area contributed by atoms with Gasteiger partial charge in [0.15, 0.2) is 16.0 Å². The van der Waals surface area contributed by atoms with Crippen LogP contribution in [0.15, 0.2) is 22.6 Å². The number of hydrogen-bond acceptors (Lipinski definition) is 7. The number of fused-ring (bicyclic) bond motifs is 5. The van der Waals surface area contributed by atoms with Crippen LogP contribution in [-0.4, -0.2) is 43.0 Å². The van der Waals surface area contributed by atoms with Gasteiger partial charge in [-0.15, -0.1) is 0 Å². The molecule has 8 heteroatoms. The van der Waals surface area contributed by atoms with Crippen LogP contribution >= 0.6 is 23.5 Å². The van der Waals surface area contributed by atoms with E-state index in [1.165, 1.54) is 23.5 Å². The Kier molecular flexibility index (Phi) is 6.75. The SMILES string of the molecule is CC(=O)SC1=CC2=CC(=O)C[C@H](SC(C)=O)[C@]2(C)[C@H]2CC[C@@]3(C)[C@@H](CC[C@@]3(O)CCC(=O)O)[C@H]12. The molecular formula is C26H34O6S2. The number of ketones is 1. The average molecular weight is 507 g/mol. The molecule has 0 heterocycles. The third-order valence-electron chi connectivity index (χ3n) is 9.30. The van der Waals surface area contributed by atoms with E-state index < -0.39 is 22.4 Å². The Bertz CT molecular complexity index is 1000. The highest BCUT2D eigenvalue weighted by Gasteiger charge is 2.65. The molecule has 7 atom stereocenters. The Labute approximate surface area is 209 Å². The van der Waals surface area contributed by atoms with E-state index in [4.69, 9.17) is 0 Å². The molecule has 0 aliphatic heterocycles. The van der Waals surface area contributed by atoms with Gasteiger partial charge in [0, 0.05) is 37.4 Å². The quantitative estimate of drug-likeness (QED) is 0.550. The van der Waals surface area contributed by atoms with Crippen molar-refractivity contribution in [2.24, 2.45) is 28.6 Å². The Morgan fingerprint density at radius 2 is 1.74 bits per heavy atom. The second-order valence-electron chi connectivity index (χ2n) is 11.0. The Morgan fingerprint density at radius 1 is 1.06 bits per heavy atom. The smallest absolute Gasteiger partial charge is 0.303 e. The second kappa shape index (κ2) is 8.93. The van der Waals surface area contributed by atoms with Crippen LogP contribution in [0.4, 0.5) is 0 Å². The predicted octanol–water partition coefficient (Wildman–Crippen LogP) is 4.76. The van der Waals surface area contributed by atoms with Gasteiger partial charge in [0.1, 0.15) is 0 Å². The van der Waals surface area contributed by atoms with Crippen molar-refractivity contribution in [1.82, 2.24) is 0 Å². The molecule has 0 bridgehead atoms. The maximum atomic E-state index is 12.6. The van der Waals surface area contributed by atoms with E-state index in [2.05, 4.69) is 13.8 Å². The Balaban J connectivity index is 1.81. The van der Waals surface area contributed by atoms with Gasteiger partial charge >= 0.3 is 5.97 Å². The lowest BCUT2D eigenvalue weighted by Crippen LogP contribution is -2.57. The van der Waals surface area contributed by atoms with Crippen LogP contribution in [0.1, 0.15) is 72.6 Å². The molecule has 0 saturated heterocycles. The van der Waals surface area contributed by atoms with Crippen molar-refractivity contribution in [2.75, 3.05) is 0 Å². The van der Waals surface area contributed by atoms with Gasteiger partial charge in [0.25, 0.3) is 0 Å². The number of allylic oxidation sites excluding steroid dienone is 4. The summed E-state index contributed by atoms with van der Waals surface area (Å²) in [6.07, 6.45) is 7.06. The minimum atomic E-state index is -1.06. The minimum Gasteiger partial charge on any atom is -0.481 e. The lowest BCUT2D eigenvalue weighted by atomic mass is 9.47. The molecule has 0 aromatic heterocycles. The maximum Gasteiger partial charge on any atom is 0.303 e. The molecule has 2 saturated carbocycles. The monoisotopic (exact) mass is 506 g/mol. The number of carboxylic acid groups (broad SMARTS) is 1. The molecule has 186 valence electrons. The number of aliphatic carboxylic acids is 1. The lowest BCUT2D eigenvalue weighted by Gasteiger charge is -2.60. The van der Waals surface area contributed by atoms with Gasteiger partial charge in [0.2, 0.25) is 0 Å². The molecule has 2 N–H and O–H groups in total. The number of rotatable bonds is 5. The van der Waals surface area contributed by atoms with Crippen LogP contribution < -0.4 is 0 Å². The molecule has 4 aliphatic rings. The van der Waals surface area contributed by atoms with Gasteiger partial charge in [-0.05, 0) is 77.9 Å². The van der Waals surface area contributed by atoms with Crippen LogP contribution in [0.5, 0.6) is 0 Å². The first-order valence-electron chi connectivity index (χ1n) is 12.1. The summed E-state index contributed by atoms with van der Waals surface area (Å²) in [7, 11) is 0. The van der Waals surface area contributed by atoms with Gasteiger partial charge in [-0.1, -0.05) is 37.4 Å². The van der Waals surface area contributed by atoms with Gasteiger partial charge in [-0.3, -0.25) is 19.2 Å². The second-order valence-corrected chi connectivity index (χ2v) is 13.6. The van der Waals surface area contributed by atoms with Gasteiger partial charge in [0.05, 0.1) is 5.60 Å². The summed E-state index contributed by atoms with van der Waals surface area (Å²) in [6, 6.07) is 0. The Hall–Kier alpha value is -1.38. The summed E-state index contributed by atoms with van der Waals surface area (Å²) in [5, 5.41) is 20.8. The fourth-order valence-corrected chi connectivity index (χ4v) is 9.73. The molecule has 6 nitrogen and oxygen atoms in total. The highest BCUT2D eigenvalue weighted by atomic mass is 32.2. The van der Waals surface area contributed by atoms with E-state index in [9.17, 15) is 29.4 Å². The van der Waals surface area contributed by atoms with E-state index in [1.807, 2.05) is 6.08 Å². The highest BCUT2D eigenvalue weighted by Crippen LogP contribution is 2.69. The van der Waals surface area contributed by atoms with Gasteiger partial charge in [-0.2, -0.15) is 0 Å².